The molecule has 1 amide bonds. The third-order valence-corrected chi connectivity index (χ3v) is 5.05. The summed E-state index contributed by atoms with van der Waals surface area (Å²) in [5.74, 6) is 0.458. The molecule has 1 aliphatic heterocycles. The minimum Gasteiger partial charge on any atom is -0.337 e. The van der Waals surface area contributed by atoms with Crippen LogP contribution in [0.2, 0.25) is 0 Å². The van der Waals surface area contributed by atoms with E-state index in [2.05, 4.69) is 9.97 Å². The van der Waals surface area contributed by atoms with Gasteiger partial charge < -0.3 is 9.80 Å². The molecule has 0 unspecified atom stereocenters. The van der Waals surface area contributed by atoms with Crippen LogP contribution in [0.25, 0.3) is 0 Å². The molecule has 0 aliphatic carbocycles. The quantitative estimate of drug-likeness (QED) is 0.609. The number of carbonyl (C=O) groups excluding carboxylic acids is 1. The van der Waals surface area contributed by atoms with Gasteiger partial charge in [0.1, 0.15) is 4.90 Å². The van der Waals surface area contributed by atoms with Crippen LogP contribution in [0.4, 0.5) is 10.7 Å². The molecule has 0 aromatic carbocycles. The van der Waals surface area contributed by atoms with Gasteiger partial charge in [-0.25, -0.2) is 18.4 Å². The second-order valence-electron chi connectivity index (χ2n) is 5.47. The van der Waals surface area contributed by atoms with Crippen molar-refractivity contribution in [2.24, 2.45) is 0 Å². The summed E-state index contributed by atoms with van der Waals surface area (Å²) in [4.78, 5) is 23.5. The smallest absolute Gasteiger partial charge is 0.316 e. The van der Waals surface area contributed by atoms with Crippen molar-refractivity contribution in [1.29, 1.82) is 0 Å². The number of nitrogens with zero attached hydrogens (tertiary/aromatic N) is 4. The zero-order valence-electron chi connectivity index (χ0n) is 12.7. The number of hydrogen-bond acceptors (Lipinski definition) is 6. The number of sulfone groups is 1. The fourth-order valence-electron chi connectivity index (χ4n) is 2.65. The van der Waals surface area contributed by atoms with Gasteiger partial charge in [-0.1, -0.05) is 6.92 Å². The number of carbonyl (C=O) groups is 1. The first kappa shape index (κ1) is 17.0. The van der Waals surface area contributed by atoms with Crippen LogP contribution in [0.5, 0.6) is 0 Å². The van der Waals surface area contributed by atoms with E-state index in [-0.39, 0.29) is 17.0 Å². The number of anilines is 1. The van der Waals surface area contributed by atoms with Crippen LogP contribution in [0.15, 0.2) is 17.3 Å². The molecule has 1 saturated heterocycles. The van der Waals surface area contributed by atoms with E-state index in [0.717, 1.165) is 12.7 Å². The van der Waals surface area contributed by atoms with Crippen LogP contribution in [-0.2, 0) is 9.84 Å². The van der Waals surface area contributed by atoms with Gasteiger partial charge in [0.25, 0.3) is 0 Å². The van der Waals surface area contributed by atoms with E-state index >= 15 is 0 Å². The molecule has 9 heteroatoms. The standard InChI is InChI=1S/C13H19ClN4O3S/c1-4-10-8-17(7-9(2)18(10)12(14)19)13-15-5-11(6-16-13)22(3,20)21/h5-6,9-10H,4,7-8H2,1-3H3/t9-,10+/m0/s1. The van der Waals surface area contributed by atoms with Crippen LogP contribution in [0, 0.1) is 0 Å². The predicted molar refractivity (Wildman–Crippen MR) is 84.0 cm³/mol. The van der Waals surface area contributed by atoms with E-state index in [4.69, 9.17) is 11.6 Å². The lowest BCUT2D eigenvalue weighted by molar-refractivity contribution is 0.152. The van der Waals surface area contributed by atoms with Crippen LogP contribution in [-0.4, -0.2) is 60.1 Å². The van der Waals surface area contributed by atoms with E-state index < -0.39 is 15.2 Å². The molecule has 2 heterocycles. The molecule has 2 atom stereocenters. The highest BCUT2D eigenvalue weighted by Crippen LogP contribution is 2.23. The van der Waals surface area contributed by atoms with Gasteiger partial charge in [-0.05, 0) is 24.9 Å². The van der Waals surface area contributed by atoms with Crippen molar-refractivity contribution < 1.29 is 13.2 Å². The van der Waals surface area contributed by atoms with Gasteiger partial charge in [-0.3, -0.25) is 4.79 Å². The Hall–Kier alpha value is -1.41. The molecular weight excluding hydrogens is 328 g/mol. The summed E-state index contributed by atoms with van der Waals surface area (Å²) in [5, 5.41) is -0.452. The molecule has 0 N–H and O–H groups in total. The summed E-state index contributed by atoms with van der Waals surface area (Å²) in [6, 6.07) is -0.0891. The Morgan fingerprint density at radius 1 is 1.36 bits per heavy atom. The largest absolute Gasteiger partial charge is 0.337 e. The van der Waals surface area contributed by atoms with Crippen molar-refractivity contribution in [3.8, 4) is 0 Å². The van der Waals surface area contributed by atoms with E-state index in [1.165, 1.54) is 12.4 Å². The van der Waals surface area contributed by atoms with E-state index in [0.29, 0.717) is 19.0 Å². The van der Waals surface area contributed by atoms with Crippen molar-refractivity contribution in [3.05, 3.63) is 12.4 Å². The van der Waals surface area contributed by atoms with Crippen molar-refractivity contribution in [2.45, 2.75) is 37.2 Å². The molecule has 1 fully saturated rings. The van der Waals surface area contributed by atoms with Gasteiger partial charge in [-0.15, -0.1) is 0 Å². The van der Waals surface area contributed by atoms with E-state index in [1.54, 1.807) is 4.90 Å². The number of halogens is 1. The zero-order valence-corrected chi connectivity index (χ0v) is 14.3. The average molecular weight is 347 g/mol. The first-order valence-corrected chi connectivity index (χ1v) is 9.25. The molecule has 1 aliphatic rings. The first-order valence-electron chi connectivity index (χ1n) is 6.99. The lowest BCUT2D eigenvalue weighted by atomic mass is 10.1. The number of aromatic nitrogens is 2. The first-order chi connectivity index (χ1) is 10.2. The average Bonchev–Trinajstić information content (AvgIpc) is 2.45. The molecule has 2 rings (SSSR count). The fraction of sp³-hybridized carbons (Fsp3) is 0.615. The Morgan fingerprint density at radius 2 is 1.95 bits per heavy atom. The third-order valence-electron chi connectivity index (χ3n) is 3.78. The number of hydrogen-bond donors (Lipinski definition) is 0. The summed E-state index contributed by atoms with van der Waals surface area (Å²) in [6.45, 7) is 5.02. The molecule has 1 aromatic heterocycles. The summed E-state index contributed by atoms with van der Waals surface area (Å²) in [6.07, 6.45) is 4.50. The minimum atomic E-state index is -3.31. The van der Waals surface area contributed by atoms with Crippen molar-refractivity contribution in [1.82, 2.24) is 14.9 Å². The van der Waals surface area contributed by atoms with Crippen LogP contribution in [0.3, 0.4) is 0 Å². The monoisotopic (exact) mass is 346 g/mol. The molecule has 0 spiro atoms. The number of amides is 1. The second-order valence-corrected chi connectivity index (χ2v) is 7.81. The van der Waals surface area contributed by atoms with Crippen LogP contribution < -0.4 is 4.90 Å². The second kappa shape index (κ2) is 6.37. The molecule has 122 valence electrons. The van der Waals surface area contributed by atoms with Gasteiger partial charge >= 0.3 is 5.37 Å². The van der Waals surface area contributed by atoms with Gasteiger partial charge in [0.05, 0.1) is 18.4 Å². The summed E-state index contributed by atoms with van der Waals surface area (Å²) >= 11 is 5.66. The molecule has 22 heavy (non-hydrogen) atoms. The third kappa shape index (κ3) is 3.49. The molecule has 0 radical (unpaired) electrons. The normalized spacial score (nSPS) is 22.7. The maximum atomic E-state index is 11.6. The van der Waals surface area contributed by atoms with Crippen LogP contribution >= 0.6 is 11.6 Å². The Kier molecular flexibility index (Phi) is 4.91. The Bertz CT molecular complexity index is 650. The Morgan fingerprint density at radius 3 is 2.41 bits per heavy atom. The SMILES string of the molecule is CC[C@@H]1CN(c2ncc(S(C)(=O)=O)cn2)C[C@H](C)N1C(=O)Cl. The summed E-state index contributed by atoms with van der Waals surface area (Å²) in [7, 11) is -3.31. The maximum Gasteiger partial charge on any atom is 0.316 e. The predicted octanol–water partition coefficient (Wildman–Crippen LogP) is 1.53. The van der Waals surface area contributed by atoms with Gasteiger partial charge in [0.2, 0.25) is 5.95 Å². The highest BCUT2D eigenvalue weighted by Gasteiger charge is 2.34. The van der Waals surface area contributed by atoms with Crippen molar-refractivity contribution in [2.75, 3.05) is 24.2 Å². The molecular formula is C13H19ClN4O3S. The topological polar surface area (TPSA) is 83.5 Å². The van der Waals surface area contributed by atoms with Gasteiger partial charge in [-0.2, -0.15) is 0 Å². The van der Waals surface area contributed by atoms with Gasteiger partial charge in [0, 0.05) is 25.4 Å². The van der Waals surface area contributed by atoms with Gasteiger partial charge in [0.15, 0.2) is 9.84 Å². The Labute approximate surface area is 135 Å². The number of rotatable bonds is 3. The molecule has 0 saturated carbocycles. The minimum absolute atomic E-state index is 0.0214. The highest BCUT2D eigenvalue weighted by molar-refractivity contribution is 7.90. The van der Waals surface area contributed by atoms with Crippen LogP contribution in [0.1, 0.15) is 20.3 Å². The van der Waals surface area contributed by atoms with E-state index in [9.17, 15) is 13.2 Å². The molecule has 0 bridgehead atoms. The lowest BCUT2D eigenvalue weighted by Gasteiger charge is -2.44. The van der Waals surface area contributed by atoms with E-state index in [1.807, 2.05) is 18.7 Å². The number of piperazine rings is 1. The summed E-state index contributed by atoms with van der Waals surface area (Å²) < 4.78 is 22.9. The highest BCUT2D eigenvalue weighted by atomic mass is 35.5. The lowest BCUT2D eigenvalue weighted by Crippen LogP contribution is -2.58. The Balaban J connectivity index is 2.22. The maximum absolute atomic E-state index is 11.6. The summed E-state index contributed by atoms with van der Waals surface area (Å²) in [5.41, 5.74) is 0. The zero-order chi connectivity index (χ0) is 16.5. The molecule has 7 nitrogen and oxygen atoms in total. The van der Waals surface area contributed by atoms with Crippen molar-refractivity contribution >= 4 is 32.8 Å². The molecule has 1 aromatic rings. The fourth-order valence-corrected chi connectivity index (χ4v) is 3.45. The van der Waals surface area contributed by atoms with Crippen molar-refractivity contribution in [3.63, 3.8) is 0 Å².